The first kappa shape index (κ1) is 14.7. The van der Waals surface area contributed by atoms with Crippen molar-refractivity contribution in [3.63, 3.8) is 0 Å². The van der Waals surface area contributed by atoms with E-state index < -0.39 is 0 Å². The number of fused-ring (bicyclic) bond motifs is 1. The summed E-state index contributed by atoms with van der Waals surface area (Å²) in [6, 6.07) is 5.74. The van der Waals surface area contributed by atoms with Crippen molar-refractivity contribution in [3.05, 3.63) is 53.6 Å². The number of ether oxygens (including phenoxy) is 2. The highest BCUT2D eigenvalue weighted by Gasteiger charge is 2.23. The standard InChI is InChI=1S/C16H18ClNO2/c1-3-6-12(14(17)4-2)13-7-5-8-15-16(13)20-11(9-18)10-19-15/h3-8,11H,2,9-10,18H2,1H3/b6-3-,14-12-. The lowest BCUT2D eigenvalue weighted by atomic mass is 10.0. The minimum absolute atomic E-state index is 0.141. The molecule has 1 heterocycles. The molecule has 0 saturated heterocycles. The maximum absolute atomic E-state index is 6.25. The first-order chi connectivity index (χ1) is 9.71. The molecule has 1 aliphatic rings. The summed E-state index contributed by atoms with van der Waals surface area (Å²) in [6.07, 6.45) is 5.32. The Balaban J connectivity index is 2.55. The van der Waals surface area contributed by atoms with E-state index in [-0.39, 0.29) is 6.10 Å². The van der Waals surface area contributed by atoms with Crippen molar-refractivity contribution in [3.8, 4) is 11.5 Å². The van der Waals surface area contributed by atoms with Crippen LogP contribution in [0.2, 0.25) is 0 Å². The fraction of sp³-hybridized carbons (Fsp3) is 0.250. The van der Waals surface area contributed by atoms with Crippen LogP contribution >= 0.6 is 11.6 Å². The molecule has 2 rings (SSSR count). The third kappa shape index (κ3) is 2.89. The highest BCUT2D eigenvalue weighted by molar-refractivity contribution is 6.35. The maximum Gasteiger partial charge on any atom is 0.169 e. The van der Waals surface area contributed by atoms with Crippen LogP contribution in [0.1, 0.15) is 12.5 Å². The second-order valence-corrected chi connectivity index (χ2v) is 4.79. The molecule has 1 aromatic rings. The van der Waals surface area contributed by atoms with Gasteiger partial charge in [0.25, 0.3) is 0 Å². The quantitative estimate of drug-likeness (QED) is 0.864. The minimum Gasteiger partial charge on any atom is -0.486 e. The predicted molar refractivity (Wildman–Crippen MR) is 83.2 cm³/mol. The zero-order valence-electron chi connectivity index (χ0n) is 11.4. The summed E-state index contributed by atoms with van der Waals surface area (Å²) < 4.78 is 11.6. The van der Waals surface area contributed by atoms with Crippen molar-refractivity contribution in [2.75, 3.05) is 13.2 Å². The summed E-state index contributed by atoms with van der Waals surface area (Å²) in [5.41, 5.74) is 7.39. The summed E-state index contributed by atoms with van der Waals surface area (Å²) in [6.45, 7) is 6.52. The third-order valence-electron chi connectivity index (χ3n) is 3.01. The van der Waals surface area contributed by atoms with E-state index in [0.717, 1.165) is 11.1 Å². The van der Waals surface area contributed by atoms with Gasteiger partial charge in [0.2, 0.25) is 0 Å². The lowest BCUT2D eigenvalue weighted by Gasteiger charge is -2.27. The summed E-state index contributed by atoms with van der Waals surface area (Å²) >= 11 is 6.25. The highest BCUT2D eigenvalue weighted by atomic mass is 35.5. The molecule has 0 radical (unpaired) electrons. The average molecular weight is 292 g/mol. The third-order valence-corrected chi connectivity index (χ3v) is 3.37. The fourth-order valence-electron chi connectivity index (χ4n) is 2.04. The van der Waals surface area contributed by atoms with Gasteiger partial charge in [0.15, 0.2) is 11.5 Å². The van der Waals surface area contributed by atoms with Crippen LogP contribution < -0.4 is 15.2 Å². The predicted octanol–water partition coefficient (Wildman–Crippen LogP) is 3.50. The van der Waals surface area contributed by atoms with Gasteiger partial charge >= 0.3 is 0 Å². The van der Waals surface area contributed by atoms with Crippen molar-refractivity contribution in [2.45, 2.75) is 13.0 Å². The van der Waals surface area contributed by atoms with Gasteiger partial charge in [0.1, 0.15) is 12.7 Å². The van der Waals surface area contributed by atoms with Crippen molar-refractivity contribution in [1.82, 2.24) is 0 Å². The maximum atomic E-state index is 6.25. The Labute approximate surface area is 124 Å². The van der Waals surface area contributed by atoms with Crippen molar-refractivity contribution < 1.29 is 9.47 Å². The molecule has 106 valence electrons. The monoisotopic (exact) mass is 291 g/mol. The molecule has 0 spiro atoms. The Bertz CT molecular complexity index is 564. The van der Waals surface area contributed by atoms with Gasteiger partial charge in [-0.25, -0.2) is 0 Å². The van der Waals surface area contributed by atoms with Crippen LogP contribution in [0.3, 0.4) is 0 Å². The molecule has 3 nitrogen and oxygen atoms in total. The van der Waals surface area contributed by atoms with E-state index >= 15 is 0 Å². The van der Waals surface area contributed by atoms with Gasteiger partial charge in [-0.3, -0.25) is 0 Å². The summed E-state index contributed by atoms with van der Waals surface area (Å²) in [5, 5.41) is 0.565. The van der Waals surface area contributed by atoms with E-state index in [2.05, 4.69) is 6.58 Å². The van der Waals surface area contributed by atoms with E-state index in [0.29, 0.717) is 29.7 Å². The number of benzene rings is 1. The van der Waals surface area contributed by atoms with Crippen LogP contribution in [0.25, 0.3) is 5.57 Å². The molecular weight excluding hydrogens is 274 g/mol. The van der Waals surface area contributed by atoms with Gasteiger partial charge in [-0.15, -0.1) is 0 Å². The molecule has 0 bridgehead atoms. The minimum atomic E-state index is -0.141. The van der Waals surface area contributed by atoms with E-state index in [1.54, 1.807) is 6.08 Å². The Morgan fingerprint density at radius 2 is 2.35 bits per heavy atom. The molecule has 0 aromatic heterocycles. The lowest BCUT2D eigenvalue weighted by molar-refractivity contribution is 0.0965. The van der Waals surface area contributed by atoms with Crippen LogP contribution in [0.4, 0.5) is 0 Å². The number of halogens is 1. The molecule has 1 aliphatic heterocycles. The molecule has 0 amide bonds. The van der Waals surface area contributed by atoms with Gasteiger partial charge in [-0.1, -0.05) is 48.5 Å². The number of nitrogens with two attached hydrogens (primary N) is 1. The van der Waals surface area contributed by atoms with Gasteiger partial charge in [0.05, 0.1) is 0 Å². The van der Waals surface area contributed by atoms with Gasteiger partial charge in [0, 0.05) is 22.7 Å². The number of hydrogen-bond donors (Lipinski definition) is 1. The lowest BCUT2D eigenvalue weighted by Crippen LogP contribution is -2.36. The van der Waals surface area contributed by atoms with Crippen molar-refractivity contribution in [2.24, 2.45) is 5.73 Å². The van der Waals surface area contributed by atoms with E-state index in [4.69, 9.17) is 26.8 Å². The van der Waals surface area contributed by atoms with E-state index in [1.807, 2.05) is 37.3 Å². The number of hydrogen-bond acceptors (Lipinski definition) is 3. The van der Waals surface area contributed by atoms with Crippen LogP contribution in [0.15, 0.2) is 48.0 Å². The number of allylic oxidation sites excluding steroid dienone is 5. The van der Waals surface area contributed by atoms with Gasteiger partial charge in [-0.2, -0.15) is 0 Å². The second kappa shape index (κ2) is 6.64. The molecular formula is C16H18ClNO2. The number of rotatable bonds is 4. The Hall–Kier alpha value is -1.71. The summed E-state index contributed by atoms with van der Waals surface area (Å²) in [7, 11) is 0. The van der Waals surface area contributed by atoms with E-state index in [9.17, 15) is 0 Å². The molecule has 2 N–H and O–H groups in total. The smallest absolute Gasteiger partial charge is 0.169 e. The summed E-state index contributed by atoms with van der Waals surface area (Å²) in [4.78, 5) is 0. The van der Waals surface area contributed by atoms with Crippen LogP contribution in [0.5, 0.6) is 11.5 Å². The zero-order chi connectivity index (χ0) is 14.5. The first-order valence-electron chi connectivity index (χ1n) is 6.49. The zero-order valence-corrected chi connectivity index (χ0v) is 12.2. The van der Waals surface area contributed by atoms with Crippen LogP contribution in [0, 0.1) is 0 Å². The topological polar surface area (TPSA) is 44.5 Å². The van der Waals surface area contributed by atoms with Gasteiger partial charge < -0.3 is 15.2 Å². The molecule has 0 saturated carbocycles. The van der Waals surface area contributed by atoms with Crippen LogP contribution in [-0.4, -0.2) is 19.3 Å². The average Bonchev–Trinajstić information content (AvgIpc) is 2.51. The SMILES string of the molecule is C=C/C(Cl)=C(\C=C/C)c1cccc2c1OC(CN)CO2. The van der Waals surface area contributed by atoms with E-state index in [1.165, 1.54) is 0 Å². The van der Waals surface area contributed by atoms with Crippen molar-refractivity contribution >= 4 is 17.2 Å². The molecule has 0 aliphatic carbocycles. The largest absolute Gasteiger partial charge is 0.486 e. The second-order valence-electron chi connectivity index (χ2n) is 4.39. The Kier molecular flexibility index (Phi) is 4.88. The molecule has 0 fully saturated rings. The Morgan fingerprint density at radius 1 is 1.55 bits per heavy atom. The van der Waals surface area contributed by atoms with Crippen LogP contribution in [-0.2, 0) is 0 Å². The molecule has 4 heteroatoms. The van der Waals surface area contributed by atoms with Crippen molar-refractivity contribution in [1.29, 1.82) is 0 Å². The molecule has 1 atom stereocenters. The molecule has 1 aromatic carbocycles. The molecule has 1 unspecified atom stereocenters. The highest BCUT2D eigenvalue weighted by Crippen LogP contribution is 2.40. The normalized spacial score (nSPS) is 18.9. The van der Waals surface area contributed by atoms with Gasteiger partial charge in [-0.05, 0) is 13.0 Å². The fourth-order valence-corrected chi connectivity index (χ4v) is 2.20. The molecule has 20 heavy (non-hydrogen) atoms. The first-order valence-corrected chi connectivity index (χ1v) is 6.86. The number of para-hydroxylation sites is 1. The summed E-state index contributed by atoms with van der Waals surface area (Å²) in [5.74, 6) is 1.39. The Morgan fingerprint density at radius 3 is 3.00 bits per heavy atom.